The van der Waals surface area contributed by atoms with Crippen LogP contribution in [0.5, 0.6) is 0 Å². The van der Waals surface area contributed by atoms with Crippen molar-refractivity contribution in [2.75, 3.05) is 10.5 Å². The van der Waals surface area contributed by atoms with Crippen LogP contribution in [-0.2, 0) is 16.4 Å². The average molecular weight is 281 g/mol. The minimum atomic E-state index is -3.48. The summed E-state index contributed by atoms with van der Waals surface area (Å²) in [5, 5.41) is 0. The van der Waals surface area contributed by atoms with Gasteiger partial charge in [0.05, 0.1) is 17.6 Å². The van der Waals surface area contributed by atoms with Crippen molar-refractivity contribution in [1.82, 2.24) is 9.97 Å². The largest absolute Gasteiger partial charge is 0.282 e. The van der Waals surface area contributed by atoms with Gasteiger partial charge in [0.2, 0.25) is 16.0 Å². The Hall–Kier alpha value is -2.02. The maximum Gasteiger partial charge on any atom is 0.233 e. The van der Waals surface area contributed by atoms with Crippen LogP contribution in [0.4, 0.5) is 10.1 Å². The molecule has 5 nitrogen and oxygen atoms in total. The normalized spacial score (nSPS) is 11.2. The Bertz CT molecular complexity index is 630. The van der Waals surface area contributed by atoms with E-state index >= 15 is 0 Å². The van der Waals surface area contributed by atoms with Crippen molar-refractivity contribution in [1.29, 1.82) is 0 Å². The zero-order chi connectivity index (χ0) is 13.7. The highest BCUT2D eigenvalue weighted by Crippen LogP contribution is 2.09. The van der Waals surface area contributed by atoms with Crippen molar-refractivity contribution in [3.63, 3.8) is 0 Å². The Morgan fingerprint density at radius 3 is 2.53 bits per heavy atom. The molecule has 100 valence electrons. The number of sulfonamides is 1. The Kier molecular flexibility index (Phi) is 4.06. The number of pyridine rings is 2. The molecule has 1 N–H and O–H groups in total. The van der Waals surface area contributed by atoms with Crippen LogP contribution in [0.2, 0.25) is 0 Å². The lowest BCUT2D eigenvalue weighted by Crippen LogP contribution is -2.18. The smallest absolute Gasteiger partial charge is 0.233 e. The third kappa shape index (κ3) is 4.29. The Labute approximate surface area is 110 Å². The zero-order valence-corrected chi connectivity index (χ0v) is 10.8. The SMILES string of the molecule is O=S(=O)(CCc1ccncc1)Nc1ccc(F)nc1. The molecule has 0 aromatic carbocycles. The van der Waals surface area contributed by atoms with Gasteiger partial charge in [-0.25, -0.2) is 13.4 Å². The molecule has 2 aromatic heterocycles. The lowest BCUT2D eigenvalue weighted by Gasteiger charge is -2.07. The molecule has 0 unspecified atom stereocenters. The van der Waals surface area contributed by atoms with Crippen LogP contribution in [0.15, 0.2) is 42.9 Å². The van der Waals surface area contributed by atoms with E-state index in [1.807, 2.05) is 0 Å². The van der Waals surface area contributed by atoms with Gasteiger partial charge in [0, 0.05) is 12.4 Å². The van der Waals surface area contributed by atoms with Crippen molar-refractivity contribution in [2.24, 2.45) is 0 Å². The summed E-state index contributed by atoms with van der Waals surface area (Å²) in [6.07, 6.45) is 4.74. The lowest BCUT2D eigenvalue weighted by atomic mass is 10.2. The fourth-order valence-electron chi connectivity index (χ4n) is 1.47. The maximum absolute atomic E-state index is 12.6. The number of nitrogens with one attached hydrogen (secondary N) is 1. The molecule has 2 heterocycles. The van der Waals surface area contributed by atoms with Gasteiger partial charge in [-0.1, -0.05) is 0 Å². The van der Waals surface area contributed by atoms with E-state index in [1.54, 1.807) is 24.5 Å². The van der Waals surface area contributed by atoms with Gasteiger partial charge < -0.3 is 0 Å². The Morgan fingerprint density at radius 1 is 1.16 bits per heavy atom. The zero-order valence-electron chi connectivity index (χ0n) is 9.95. The highest BCUT2D eigenvalue weighted by Gasteiger charge is 2.11. The molecule has 0 saturated carbocycles. The highest BCUT2D eigenvalue weighted by atomic mass is 32.2. The molecule has 2 aromatic rings. The lowest BCUT2D eigenvalue weighted by molar-refractivity contribution is 0.583. The topological polar surface area (TPSA) is 72.0 Å². The molecule has 2 rings (SSSR count). The summed E-state index contributed by atoms with van der Waals surface area (Å²) in [6.45, 7) is 0. The average Bonchev–Trinajstić information content (AvgIpc) is 2.40. The second-order valence-electron chi connectivity index (χ2n) is 3.90. The van der Waals surface area contributed by atoms with E-state index in [-0.39, 0.29) is 11.4 Å². The highest BCUT2D eigenvalue weighted by molar-refractivity contribution is 7.92. The second kappa shape index (κ2) is 5.75. The minimum Gasteiger partial charge on any atom is -0.282 e. The number of anilines is 1. The van der Waals surface area contributed by atoms with Crippen molar-refractivity contribution in [2.45, 2.75) is 6.42 Å². The fraction of sp³-hybridized carbons (Fsp3) is 0.167. The number of aryl methyl sites for hydroxylation is 1. The molecule has 0 aliphatic rings. The molecule has 7 heteroatoms. The van der Waals surface area contributed by atoms with E-state index in [1.165, 1.54) is 6.07 Å². The summed E-state index contributed by atoms with van der Waals surface area (Å²) in [5.74, 6) is -0.714. The summed E-state index contributed by atoms with van der Waals surface area (Å²) in [6, 6.07) is 5.94. The van der Waals surface area contributed by atoms with E-state index < -0.39 is 16.0 Å². The number of nitrogens with zero attached hydrogens (tertiary/aromatic N) is 2. The molecule has 0 radical (unpaired) electrons. The van der Waals surface area contributed by atoms with E-state index in [0.29, 0.717) is 6.42 Å². The van der Waals surface area contributed by atoms with Crippen LogP contribution in [0.3, 0.4) is 0 Å². The Morgan fingerprint density at radius 2 is 1.89 bits per heavy atom. The molecule has 19 heavy (non-hydrogen) atoms. The fourth-order valence-corrected chi connectivity index (χ4v) is 2.55. The molecule has 0 amide bonds. The van der Waals surface area contributed by atoms with Gasteiger partial charge in [0.1, 0.15) is 0 Å². The molecule has 0 saturated heterocycles. The molecule has 0 fully saturated rings. The van der Waals surface area contributed by atoms with E-state index in [4.69, 9.17) is 0 Å². The first-order chi connectivity index (χ1) is 9.05. The summed E-state index contributed by atoms with van der Waals surface area (Å²) < 4.78 is 38.6. The first kappa shape index (κ1) is 13.4. The molecule has 0 spiro atoms. The maximum atomic E-state index is 12.6. The van der Waals surface area contributed by atoms with Gasteiger partial charge in [-0.3, -0.25) is 9.71 Å². The summed E-state index contributed by atoms with van der Waals surface area (Å²) in [7, 11) is -3.48. The second-order valence-corrected chi connectivity index (χ2v) is 5.74. The molecule has 0 atom stereocenters. The summed E-state index contributed by atoms with van der Waals surface area (Å²) >= 11 is 0. The summed E-state index contributed by atoms with van der Waals surface area (Å²) in [5.41, 5.74) is 1.13. The number of halogens is 1. The summed E-state index contributed by atoms with van der Waals surface area (Å²) in [4.78, 5) is 7.24. The van der Waals surface area contributed by atoms with E-state index in [0.717, 1.165) is 17.8 Å². The predicted octanol–water partition coefficient (Wildman–Crippen LogP) is 1.60. The third-order valence-corrected chi connectivity index (χ3v) is 3.70. The van der Waals surface area contributed by atoms with Crippen LogP contribution in [0.25, 0.3) is 0 Å². The van der Waals surface area contributed by atoms with E-state index in [9.17, 15) is 12.8 Å². The van der Waals surface area contributed by atoms with Gasteiger partial charge in [-0.15, -0.1) is 0 Å². The van der Waals surface area contributed by atoms with Gasteiger partial charge in [-0.05, 0) is 36.2 Å². The first-order valence-electron chi connectivity index (χ1n) is 5.56. The van der Waals surface area contributed by atoms with Crippen LogP contribution in [-0.4, -0.2) is 24.1 Å². The van der Waals surface area contributed by atoms with Crippen molar-refractivity contribution >= 4 is 15.7 Å². The molecular formula is C12H12FN3O2S. The third-order valence-electron chi connectivity index (χ3n) is 2.41. The van der Waals surface area contributed by atoms with Gasteiger partial charge >= 0.3 is 0 Å². The van der Waals surface area contributed by atoms with Crippen LogP contribution in [0, 0.1) is 5.95 Å². The van der Waals surface area contributed by atoms with Gasteiger partial charge in [-0.2, -0.15) is 4.39 Å². The minimum absolute atomic E-state index is 0.0611. The monoisotopic (exact) mass is 281 g/mol. The Balaban J connectivity index is 1.97. The van der Waals surface area contributed by atoms with Gasteiger partial charge in [0.15, 0.2) is 0 Å². The number of aromatic nitrogens is 2. The molecule has 0 bridgehead atoms. The van der Waals surface area contributed by atoms with Crippen LogP contribution >= 0.6 is 0 Å². The van der Waals surface area contributed by atoms with Crippen molar-refractivity contribution in [3.8, 4) is 0 Å². The van der Waals surface area contributed by atoms with Crippen molar-refractivity contribution in [3.05, 3.63) is 54.4 Å². The first-order valence-corrected chi connectivity index (χ1v) is 7.21. The quantitative estimate of drug-likeness (QED) is 0.845. The molecule has 0 aliphatic heterocycles. The number of rotatable bonds is 5. The predicted molar refractivity (Wildman–Crippen MR) is 69.5 cm³/mol. The standard InChI is InChI=1S/C12H12FN3O2S/c13-12-2-1-11(9-15-12)16-19(17,18)8-5-10-3-6-14-7-4-10/h1-4,6-7,9,16H,5,8H2. The van der Waals surface area contributed by atoms with Gasteiger partial charge in [0.25, 0.3) is 0 Å². The van der Waals surface area contributed by atoms with E-state index in [2.05, 4.69) is 14.7 Å². The number of hydrogen-bond donors (Lipinski definition) is 1. The van der Waals surface area contributed by atoms with Crippen LogP contribution < -0.4 is 4.72 Å². The van der Waals surface area contributed by atoms with Crippen LogP contribution in [0.1, 0.15) is 5.56 Å². The van der Waals surface area contributed by atoms with Crippen molar-refractivity contribution < 1.29 is 12.8 Å². The number of hydrogen-bond acceptors (Lipinski definition) is 4. The molecule has 0 aliphatic carbocycles. The molecular weight excluding hydrogens is 269 g/mol.